The number of aromatic hydroxyl groups is 1. The highest BCUT2D eigenvalue weighted by molar-refractivity contribution is 9.10. The second-order valence-corrected chi connectivity index (χ2v) is 3.59. The van der Waals surface area contributed by atoms with Gasteiger partial charge in [-0.05, 0) is 27.6 Å². The summed E-state index contributed by atoms with van der Waals surface area (Å²) in [5.74, 6) is -0.454. The molecule has 0 aliphatic rings. The molecular weight excluding hydrogens is 262 g/mol. The first-order valence-corrected chi connectivity index (χ1v) is 4.86. The zero-order valence-electron chi connectivity index (χ0n) is 7.95. The van der Waals surface area contributed by atoms with Gasteiger partial charge in [-0.15, -0.1) is 0 Å². The summed E-state index contributed by atoms with van der Waals surface area (Å²) in [5, 5.41) is 18.2. The lowest BCUT2D eigenvalue weighted by atomic mass is 10.1. The molecule has 1 aromatic rings. The molecule has 1 aromatic carbocycles. The maximum absolute atomic E-state index is 11.0. The van der Waals surface area contributed by atoms with Crippen molar-refractivity contribution in [3.63, 3.8) is 0 Å². The minimum atomic E-state index is -0.427. The summed E-state index contributed by atoms with van der Waals surface area (Å²) in [5.41, 5.74) is 0.773. The van der Waals surface area contributed by atoms with Gasteiger partial charge in [0.25, 0.3) is 0 Å². The van der Waals surface area contributed by atoms with Crippen LogP contribution in [0, 0.1) is 11.3 Å². The number of hydrogen-bond acceptors (Lipinski definition) is 4. The van der Waals surface area contributed by atoms with E-state index in [4.69, 9.17) is 5.26 Å². The van der Waals surface area contributed by atoms with Gasteiger partial charge in [0, 0.05) is 0 Å². The molecule has 0 bridgehead atoms. The highest BCUT2D eigenvalue weighted by Gasteiger charge is 2.13. The van der Waals surface area contributed by atoms with E-state index in [1.165, 1.54) is 19.2 Å². The van der Waals surface area contributed by atoms with Gasteiger partial charge in [0.1, 0.15) is 11.8 Å². The van der Waals surface area contributed by atoms with Crippen molar-refractivity contribution < 1.29 is 14.6 Å². The molecule has 0 fully saturated rings. The van der Waals surface area contributed by atoms with Gasteiger partial charge >= 0.3 is 5.97 Å². The fourth-order valence-corrected chi connectivity index (χ4v) is 1.58. The lowest BCUT2D eigenvalue weighted by Crippen LogP contribution is -2.06. The van der Waals surface area contributed by atoms with Gasteiger partial charge in [0.05, 0.1) is 23.6 Å². The molecule has 0 saturated heterocycles. The number of hydrogen-bond donors (Lipinski definition) is 1. The van der Waals surface area contributed by atoms with Crippen LogP contribution < -0.4 is 0 Å². The second kappa shape index (κ2) is 4.80. The van der Waals surface area contributed by atoms with Crippen LogP contribution in [0.15, 0.2) is 16.6 Å². The zero-order chi connectivity index (χ0) is 11.4. The number of carbonyl (C=O) groups excluding carboxylic acids is 1. The molecule has 5 heteroatoms. The van der Waals surface area contributed by atoms with E-state index in [1.807, 2.05) is 6.07 Å². The second-order valence-electron chi connectivity index (χ2n) is 2.80. The first kappa shape index (κ1) is 11.5. The van der Waals surface area contributed by atoms with Crippen LogP contribution in [0.4, 0.5) is 0 Å². The summed E-state index contributed by atoms with van der Waals surface area (Å²) in [4.78, 5) is 11.0. The molecule has 0 aliphatic carbocycles. The first-order chi connectivity index (χ1) is 7.10. The number of phenols is 1. The van der Waals surface area contributed by atoms with Crippen molar-refractivity contribution in [3.05, 3.63) is 27.7 Å². The molecule has 4 nitrogen and oxygen atoms in total. The number of ether oxygens (including phenoxy) is 1. The van der Waals surface area contributed by atoms with Crippen molar-refractivity contribution in [2.24, 2.45) is 0 Å². The summed E-state index contributed by atoms with van der Waals surface area (Å²) >= 11 is 3.08. The van der Waals surface area contributed by atoms with E-state index in [2.05, 4.69) is 20.7 Å². The minimum Gasteiger partial charge on any atom is -0.507 e. The number of carbonyl (C=O) groups is 1. The number of phenolic OH excluding ortho intramolecular Hbond substituents is 1. The van der Waals surface area contributed by atoms with Crippen molar-refractivity contribution in [3.8, 4) is 11.8 Å². The van der Waals surface area contributed by atoms with Crippen molar-refractivity contribution in [2.45, 2.75) is 6.42 Å². The van der Waals surface area contributed by atoms with Gasteiger partial charge in [-0.1, -0.05) is 6.07 Å². The Balaban J connectivity index is 3.15. The molecule has 0 saturated carbocycles. The van der Waals surface area contributed by atoms with Gasteiger partial charge in [-0.2, -0.15) is 5.26 Å². The molecule has 0 radical (unpaired) electrons. The van der Waals surface area contributed by atoms with Crippen molar-refractivity contribution in [2.75, 3.05) is 7.11 Å². The predicted octanol–water partition coefficient (Wildman–Crippen LogP) is 1.74. The Morgan fingerprint density at radius 2 is 2.33 bits per heavy atom. The molecule has 0 aromatic heterocycles. The number of benzene rings is 1. The summed E-state index contributed by atoms with van der Waals surface area (Å²) in [6, 6.07) is 4.86. The monoisotopic (exact) mass is 269 g/mol. The van der Waals surface area contributed by atoms with Crippen LogP contribution in [0.5, 0.6) is 5.75 Å². The van der Waals surface area contributed by atoms with E-state index in [-0.39, 0.29) is 17.7 Å². The molecule has 15 heavy (non-hydrogen) atoms. The number of rotatable bonds is 2. The maximum atomic E-state index is 11.0. The van der Waals surface area contributed by atoms with Crippen LogP contribution in [0.1, 0.15) is 11.1 Å². The fraction of sp³-hybridized carbons (Fsp3) is 0.200. The molecular formula is C10H8BrNO3. The van der Waals surface area contributed by atoms with Gasteiger partial charge in [0.15, 0.2) is 0 Å². The van der Waals surface area contributed by atoms with Crippen LogP contribution in [-0.4, -0.2) is 18.2 Å². The Kier molecular flexibility index (Phi) is 3.69. The summed E-state index contributed by atoms with van der Waals surface area (Å²) in [6.45, 7) is 0. The van der Waals surface area contributed by atoms with Crippen molar-refractivity contribution >= 4 is 21.9 Å². The molecule has 0 unspecified atom stereocenters. The molecule has 78 valence electrons. The summed E-state index contributed by atoms with van der Waals surface area (Å²) < 4.78 is 4.80. The van der Waals surface area contributed by atoms with Crippen molar-refractivity contribution in [1.29, 1.82) is 5.26 Å². The van der Waals surface area contributed by atoms with E-state index in [0.29, 0.717) is 10.0 Å². The van der Waals surface area contributed by atoms with Crippen LogP contribution >= 0.6 is 15.9 Å². The molecule has 1 N–H and O–H groups in total. The molecule has 0 heterocycles. The predicted molar refractivity (Wildman–Crippen MR) is 56.2 cm³/mol. The standard InChI is InChI=1S/C10H8BrNO3/c1-15-9(14)4-6-2-3-8(13)10(11)7(6)5-12/h2-3,13H,4H2,1H3. The normalized spacial score (nSPS) is 9.40. The van der Waals surface area contributed by atoms with Gasteiger partial charge < -0.3 is 9.84 Å². The topological polar surface area (TPSA) is 70.3 Å². The first-order valence-electron chi connectivity index (χ1n) is 4.07. The van der Waals surface area contributed by atoms with Crippen molar-refractivity contribution in [1.82, 2.24) is 0 Å². The van der Waals surface area contributed by atoms with Gasteiger partial charge in [-0.25, -0.2) is 0 Å². The van der Waals surface area contributed by atoms with Gasteiger partial charge in [-0.3, -0.25) is 4.79 Å². The third-order valence-corrected chi connectivity index (χ3v) is 2.68. The van der Waals surface area contributed by atoms with E-state index >= 15 is 0 Å². The highest BCUT2D eigenvalue weighted by atomic mass is 79.9. The summed E-state index contributed by atoms with van der Waals surface area (Å²) in [6.07, 6.45) is 0.0122. The Bertz CT molecular complexity index is 437. The van der Waals surface area contributed by atoms with Gasteiger partial charge in [0.2, 0.25) is 0 Å². The molecule has 0 atom stereocenters. The highest BCUT2D eigenvalue weighted by Crippen LogP contribution is 2.29. The Labute approximate surface area is 95.2 Å². The summed E-state index contributed by atoms with van der Waals surface area (Å²) in [7, 11) is 1.28. The minimum absolute atomic E-state index is 0.0122. The molecule has 0 amide bonds. The lowest BCUT2D eigenvalue weighted by molar-refractivity contribution is -0.139. The van der Waals surface area contributed by atoms with E-state index in [9.17, 15) is 9.90 Å². The van der Waals surface area contributed by atoms with E-state index < -0.39 is 5.97 Å². The molecule has 0 spiro atoms. The Morgan fingerprint density at radius 1 is 1.67 bits per heavy atom. The Hall–Kier alpha value is -1.54. The Morgan fingerprint density at radius 3 is 2.87 bits per heavy atom. The number of nitriles is 1. The van der Waals surface area contributed by atoms with Crippen LogP contribution in [0.2, 0.25) is 0 Å². The fourth-order valence-electron chi connectivity index (χ4n) is 1.10. The third kappa shape index (κ3) is 2.48. The van der Waals surface area contributed by atoms with E-state index in [1.54, 1.807) is 0 Å². The number of halogens is 1. The van der Waals surface area contributed by atoms with Crippen LogP contribution in [-0.2, 0) is 16.0 Å². The molecule has 0 aliphatic heterocycles. The average molecular weight is 270 g/mol. The van der Waals surface area contributed by atoms with E-state index in [0.717, 1.165) is 0 Å². The number of esters is 1. The average Bonchev–Trinajstić information content (AvgIpc) is 2.24. The van der Waals surface area contributed by atoms with Crippen LogP contribution in [0.25, 0.3) is 0 Å². The number of nitrogens with zero attached hydrogens (tertiary/aromatic N) is 1. The SMILES string of the molecule is COC(=O)Cc1ccc(O)c(Br)c1C#N. The number of methoxy groups -OCH3 is 1. The maximum Gasteiger partial charge on any atom is 0.310 e. The zero-order valence-corrected chi connectivity index (χ0v) is 9.54. The van der Waals surface area contributed by atoms with Crippen LogP contribution in [0.3, 0.4) is 0 Å². The smallest absolute Gasteiger partial charge is 0.310 e. The quantitative estimate of drug-likeness (QED) is 0.831. The third-order valence-electron chi connectivity index (χ3n) is 1.88. The molecule has 1 rings (SSSR count). The lowest BCUT2D eigenvalue weighted by Gasteiger charge is -2.05. The largest absolute Gasteiger partial charge is 0.507 e.